The largest absolute Gasteiger partial charge is 0.402 e. The summed E-state index contributed by atoms with van der Waals surface area (Å²) in [6.07, 6.45) is 7.26. The molecule has 0 aromatic heterocycles. The predicted molar refractivity (Wildman–Crippen MR) is 67.7 cm³/mol. The third-order valence-electron chi connectivity index (χ3n) is 2.92. The molecule has 0 fully saturated rings. The van der Waals surface area contributed by atoms with Crippen LogP contribution >= 0.6 is 0 Å². The SMILES string of the molecule is CO[Si](OC)(C1=CC=CC1)c1ccccc1. The van der Waals surface area contributed by atoms with Gasteiger partial charge in [-0.3, -0.25) is 0 Å². The highest BCUT2D eigenvalue weighted by Gasteiger charge is 2.42. The molecular weight excluding hydrogens is 216 g/mol. The third-order valence-corrected chi connectivity index (χ3v) is 6.38. The average Bonchev–Trinajstić information content (AvgIpc) is 2.87. The van der Waals surface area contributed by atoms with Gasteiger partial charge < -0.3 is 8.85 Å². The van der Waals surface area contributed by atoms with Crippen LogP contribution in [-0.4, -0.2) is 22.8 Å². The molecule has 2 rings (SSSR count). The first-order valence-electron chi connectivity index (χ1n) is 5.35. The molecule has 0 unspecified atom stereocenters. The van der Waals surface area contributed by atoms with Gasteiger partial charge in [0.05, 0.1) is 0 Å². The van der Waals surface area contributed by atoms with Crippen molar-refractivity contribution in [2.45, 2.75) is 6.42 Å². The molecule has 0 N–H and O–H groups in total. The number of rotatable bonds is 4. The van der Waals surface area contributed by atoms with Gasteiger partial charge in [-0.25, -0.2) is 0 Å². The van der Waals surface area contributed by atoms with Crippen LogP contribution < -0.4 is 5.19 Å². The quantitative estimate of drug-likeness (QED) is 0.740. The average molecular weight is 232 g/mol. The number of benzene rings is 1. The Balaban J connectivity index is 2.43. The van der Waals surface area contributed by atoms with Gasteiger partial charge in [-0.1, -0.05) is 48.6 Å². The van der Waals surface area contributed by atoms with Crippen molar-refractivity contribution in [1.82, 2.24) is 0 Å². The standard InChI is InChI=1S/C13H16O2Si/c1-14-16(15-2,13-10-6-7-11-13)12-8-4-3-5-9-12/h3-10H,11H2,1-2H3. The Kier molecular flexibility index (Phi) is 3.38. The van der Waals surface area contributed by atoms with Gasteiger partial charge in [-0.05, 0) is 16.8 Å². The summed E-state index contributed by atoms with van der Waals surface area (Å²) in [5.41, 5.74) is 0. The second-order valence-corrected chi connectivity index (χ2v) is 6.98. The van der Waals surface area contributed by atoms with Crippen molar-refractivity contribution >= 4 is 13.7 Å². The highest BCUT2D eigenvalue weighted by molar-refractivity contribution is 6.87. The third kappa shape index (κ3) is 1.77. The van der Waals surface area contributed by atoms with Crippen LogP contribution in [0.3, 0.4) is 0 Å². The molecule has 0 amide bonds. The summed E-state index contributed by atoms with van der Waals surface area (Å²) >= 11 is 0. The van der Waals surface area contributed by atoms with Crippen molar-refractivity contribution in [2.24, 2.45) is 0 Å². The van der Waals surface area contributed by atoms with Gasteiger partial charge in [0.1, 0.15) is 0 Å². The summed E-state index contributed by atoms with van der Waals surface area (Å²) in [6.45, 7) is 0. The summed E-state index contributed by atoms with van der Waals surface area (Å²) in [6, 6.07) is 10.2. The number of allylic oxidation sites excluding steroid dienone is 4. The number of hydrogen-bond acceptors (Lipinski definition) is 2. The smallest absolute Gasteiger partial charge is 0.391 e. The van der Waals surface area contributed by atoms with Crippen molar-refractivity contribution in [2.75, 3.05) is 14.2 Å². The molecular formula is C13H16O2Si. The summed E-state index contributed by atoms with van der Waals surface area (Å²) in [4.78, 5) is 0. The van der Waals surface area contributed by atoms with Gasteiger partial charge in [-0.15, -0.1) is 0 Å². The van der Waals surface area contributed by atoms with E-state index in [1.165, 1.54) is 5.20 Å². The predicted octanol–water partition coefficient (Wildman–Crippen LogP) is 2.05. The molecule has 1 aliphatic carbocycles. The second-order valence-electron chi connectivity index (χ2n) is 3.72. The maximum atomic E-state index is 5.77. The van der Waals surface area contributed by atoms with E-state index in [4.69, 9.17) is 8.85 Å². The van der Waals surface area contributed by atoms with Crippen molar-refractivity contribution in [3.8, 4) is 0 Å². The minimum absolute atomic E-state index is 0.933. The highest BCUT2D eigenvalue weighted by atomic mass is 28.4. The van der Waals surface area contributed by atoms with Crippen LogP contribution in [-0.2, 0) is 8.85 Å². The fraction of sp³-hybridized carbons (Fsp3) is 0.231. The fourth-order valence-electron chi connectivity index (χ4n) is 2.12. The van der Waals surface area contributed by atoms with Crippen LogP contribution in [0.2, 0.25) is 0 Å². The Labute approximate surface area is 97.5 Å². The lowest BCUT2D eigenvalue weighted by Gasteiger charge is -2.28. The molecule has 0 saturated carbocycles. The Morgan fingerprint density at radius 3 is 2.25 bits per heavy atom. The molecule has 0 atom stereocenters. The first kappa shape index (κ1) is 11.3. The van der Waals surface area contributed by atoms with Crippen LogP contribution in [0.25, 0.3) is 0 Å². The summed E-state index contributed by atoms with van der Waals surface area (Å²) in [5.74, 6) is 0. The maximum Gasteiger partial charge on any atom is 0.402 e. The topological polar surface area (TPSA) is 18.5 Å². The zero-order valence-corrected chi connectivity index (χ0v) is 10.6. The van der Waals surface area contributed by atoms with E-state index in [9.17, 15) is 0 Å². The Morgan fingerprint density at radius 2 is 1.75 bits per heavy atom. The lowest BCUT2D eigenvalue weighted by atomic mass is 10.4. The van der Waals surface area contributed by atoms with Gasteiger partial charge in [0, 0.05) is 14.2 Å². The molecule has 0 saturated heterocycles. The zero-order valence-electron chi connectivity index (χ0n) is 9.64. The van der Waals surface area contributed by atoms with Crippen LogP contribution in [0.5, 0.6) is 0 Å². The fourth-order valence-corrected chi connectivity index (χ4v) is 4.98. The maximum absolute atomic E-state index is 5.77. The molecule has 0 aliphatic heterocycles. The van der Waals surface area contributed by atoms with Gasteiger partial charge in [0.25, 0.3) is 0 Å². The van der Waals surface area contributed by atoms with Crippen molar-refractivity contribution in [1.29, 1.82) is 0 Å². The summed E-state index contributed by atoms with van der Waals surface area (Å²) in [7, 11) is 1.09. The molecule has 16 heavy (non-hydrogen) atoms. The van der Waals surface area contributed by atoms with E-state index >= 15 is 0 Å². The first-order chi connectivity index (χ1) is 7.83. The lowest BCUT2D eigenvalue weighted by Crippen LogP contribution is -2.54. The Bertz CT molecular complexity index is 405. The van der Waals surface area contributed by atoms with Crippen LogP contribution in [0.1, 0.15) is 6.42 Å². The van der Waals surface area contributed by atoms with Gasteiger partial charge in [0.15, 0.2) is 0 Å². The van der Waals surface area contributed by atoms with Crippen LogP contribution in [0.15, 0.2) is 53.8 Å². The van der Waals surface area contributed by atoms with E-state index in [1.54, 1.807) is 14.2 Å². The van der Waals surface area contributed by atoms with Crippen LogP contribution in [0, 0.1) is 0 Å². The molecule has 0 radical (unpaired) electrons. The Morgan fingerprint density at radius 1 is 1.06 bits per heavy atom. The highest BCUT2D eigenvalue weighted by Crippen LogP contribution is 2.24. The molecule has 84 valence electrons. The van der Waals surface area contributed by atoms with E-state index in [-0.39, 0.29) is 0 Å². The minimum atomic E-state index is -2.39. The van der Waals surface area contributed by atoms with E-state index < -0.39 is 8.56 Å². The van der Waals surface area contributed by atoms with Gasteiger partial charge >= 0.3 is 8.56 Å². The molecule has 0 heterocycles. The molecule has 1 aliphatic rings. The van der Waals surface area contributed by atoms with E-state index in [1.807, 2.05) is 18.2 Å². The van der Waals surface area contributed by atoms with Crippen molar-refractivity contribution in [3.05, 3.63) is 53.8 Å². The molecule has 1 aromatic rings. The van der Waals surface area contributed by atoms with Crippen molar-refractivity contribution in [3.63, 3.8) is 0 Å². The second kappa shape index (κ2) is 4.78. The molecule has 0 spiro atoms. The monoisotopic (exact) mass is 232 g/mol. The number of hydrogen-bond donors (Lipinski definition) is 0. The van der Waals surface area contributed by atoms with Crippen LogP contribution in [0.4, 0.5) is 0 Å². The minimum Gasteiger partial charge on any atom is -0.391 e. The lowest BCUT2D eigenvalue weighted by molar-refractivity contribution is 0.267. The Hall–Kier alpha value is -1.16. The first-order valence-corrected chi connectivity index (χ1v) is 7.17. The van der Waals surface area contributed by atoms with E-state index in [0.29, 0.717) is 0 Å². The normalized spacial score (nSPS) is 15.2. The van der Waals surface area contributed by atoms with Crippen molar-refractivity contribution < 1.29 is 8.85 Å². The molecule has 2 nitrogen and oxygen atoms in total. The van der Waals surface area contributed by atoms with E-state index in [0.717, 1.165) is 11.6 Å². The molecule has 0 bridgehead atoms. The zero-order chi connectivity index (χ0) is 11.4. The van der Waals surface area contributed by atoms with Gasteiger partial charge in [-0.2, -0.15) is 0 Å². The van der Waals surface area contributed by atoms with E-state index in [2.05, 4.69) is 30.4 Å². The molecule has 3 heteroatoms. The van der Waals surface area contributed by atoms with Gasteiger partial charge in [0.2, 0.25) is 0 Å². The molecule has 1 aromatic carbocycles. The summed E-state index contributed by atoms with van der Waals surface area (Å²) in [5, 5.41) is 2.43. The summed E-state index contributed by atoms with van der Waals surface area (Å²) < 4.78 is 11.5.